The van der Waals surface area contributed by atoms with Crippen LogP contribution in [0, 0.1) is 11.6 Å². The summed E-state index contributed by atoms with van der Waals surface area (Å²) in [7, 11) is 0. The van der Waals surface area contributed by atoms with E-state index in [9.17, 15) is 18.4 Å². The van der Waals surface area contributed by atoms with Gasteiger partial charge in [-0.1, -0.05) is 17.7 Å². The molecule has 2 N–H and O–H groups in total. The molecule has 9 heteroatoms. The van der Waals surface area contributed by atoms with Crippen LogP contribution in [0.25, 0.3) is 0 Å². The summed E-state index contributed by atoms with van der Waals surface area (Å²) in [4.78, 5) is 27.8. The number of anilines is 1. The lowest BCUT2D eigenvalue weighted by molar-refractivity contribution is 0.0959. The second kappa shape index (κ2) is 8.45. The maximum absolute atomic E-state index is 13.6. The number of nitrogens with one attached hydrogen (secondary N) is 2. The van der Waals surface area contributed by atoms with Crippen LogP contribution in [0.5, 0.6) is 11.6 Å². The van der Waals surface area contributed by atoms with Gasteiger partial charge in [0.2, 0.25) is 5.88 Å². The van der Waals surface area contributed by atoms with E-state index in [0.717, 1.165) is 18.2 Å². The summed E-state index contributed by atoms with van der Waals surface area (Å²) in [5.41, 5.74) is -0.606. The second-order valence-electron chi connectivity index (χ2n) is 5.45. The summed E-state index contributed by atoms with van der Waals surface area (Å²) in [5.74, 6) is -2.57. The molecule has 1 heterocycles. The average Bonchev–Trinajstić information content (AvgIpc) is 2.65. The highest BCUT2D eigenvalue weighted by atomic mass is 35.5. The molecule has 0 bridgehead atoms. The van der Waals surface area contributed by atoms with Crippen LogP contribution in [0.1, 0.15) is 10.4 Å². The number of amides is 3. The lowest BCUT2D eigenvalue weighted by Gasteiger charge is -2.09. The van der Waals surface area contributed by atoms with Gasteiger partial charge < -0.3 is 10.1 Å². The Kier molecular flexibility index (Phi) is 5.81. The number of urea groups is 1. The summed E-state index contributed by atoms with van der Waals surface area (Å²) in [5, 5.41) is 4.74. The maximum Gasteiger partial charge on any atom is 0.326 e. The van der Waals surface area contributed by atoms with Crippen molar-refractivity contribution in [1.29, 1.82) is 0 Å². The van der Waals surface area contributed by atoms with E-state index in [-0.39, 0.29) is 11.6 Å². The van der Waals surface area contributed by atoms with Crippen LogP contribution >= 0.6 is 11.6 Å². The fourth-order valence-corrected chi connectivity index (χ4v) is 2.31. The smallest absolute Gasteiger partial charge is 0.326 e. The summed E-state index contributed by atoms with van der Waals surface area (Å²) >= 11 is 5.79. The highest BCUT2D eigenvalue weighted by Crippen LogP contribution is 2.22. The van der Waals surface area contributed by atoms with E-state index in [0.29, 0.717) is 10.8 Å². The number of nitrogens with zero attached hydrogens (tertiary/aromatic N) is 1. The van der Waals surface area contributed by atoms with Crippen molar-refractivity contribution >= 4 is 29.2 Å². The Morgan fingerprint density at radius 2 is 1.64 bits per heavy atom. The van der Waals surface area contributed by atoms with Crippen LogP contribution in [0.4, 0.5) is 19.3 Å². The fourth-order valence-electron chi connectivity index (χ4n) is 2.18. The van der Waals surface area contributed by atoms with Crippen LogP contribution in [0.2, 0.25) is 5.02 Å². The molecule has 0 fully saturated rings. The molecule has 0 atom stereocenters. The number of ether oxygens (including phenoxy) is 1. The van der Waals surface area contributed by atoms with Gasteiger partial charge in [0.1, 0.15) is 22.9 Å². The molecule has 0 aliphatic carbocycles. The Bertz CT molecular complexity index is 992. The normalized spacial score (nSPS) is 10.2. The monoisotopic (exact) mass is 403 g/mol. The van der Waals surface area contributed by atoms with Gasteiger partial charge in [0.25, 0.3) is 5.91 Å². The minimum atomic E-state index is -1.20. The Morgan fingerprint density at radius 1 is 0.964 bits per heavy atom. The number of imide groups is 1. The Hall–Kier alpha value is -3.52. The number of benzene rings is 2. The van der Waals surface area contributed by atoms with Crippen molar-refractivity contribution < 1.29 is 23.1 Å². The molecular weight excluding hydrogens is 392 g/mol. The lowest BCUT2D eigenvalue weighted by Crippen LogP contribution is -2.35. The molecular formula is C19H12ClF2N3O3. The molecule has 3 rings (SSSR count). The third kappa shape index (κ3) is 4.80. The van der Waals surface area contributed by atoms with E-state index in [1.165, 1.54) is 18.3 Å². The van der Waals surface area contributed by atoms with Crippen LogP contribution in [0.15, 0.2) is 60.8 Å². The zero-order valence-electron chi connectivity index (χ0n) is 14.1. The number of pyridine rings is 1. The molecule has 0 radical (unpaired) electrons. The molecule has 28 heavy (non-hydrogen) atoms. The first kappa shape index (κ1) is 19.2. The number of carbonyl (C=O) groups excluding carboxylic acids is 2. The first-order valence-corrected chi connectivity index (χ1v) is 8.26. The zero-order chi connectivity index (χ0) is 20.1. The Balaban J connectivity index is 1.60. The van der Waals surface area contributed by atoms with Gasteiger partial charge in [-0.25, -0.2) is 18.6 Å². The van der Waals surface area contributed by atoms with E-state index in [1.54, 1.807) is 24.3 Å². The van der Waals surface area contributed by atoms with Crippen molar-refractivity contribution in [2.24, 2.45) is 0 Å². The number of hydrogen-bond donors (Lipinski definition) is 2. The first-order chi connectivity index (χ1) is 13.4. The quantitative estimate of drug-likeness (QED) is 0.657. The maximum atomic E-state index is 13.6. The number of halogens is 3. The van der Waals surface area contributed by atoms with Crippen molar-refractivity contribution in [3.8, 4) is 11.6 Å². The van der Waals surface area contributed by atoms with Crippen molar-refractivity contribution in [2.75, 3.05) is 5.32 Å². The molecule has 0 aliphatic heterocycles. The molecule has 1 aromatic heterocycles. The van der Waals surface area contributed by atoms with Crippen LogP contribution in [-0.2, 0) is 0 Å². The van der Waals surface area contributed by atoms with Crippen LogP contribution < -0.4 is 15.4 Å². The van der Waals surface area contributed by atoms with Crippen LogP contribution in [0.3, 0.4) is 0 Å². The number of carbonyl (C=O) groups is 2. The van der Waals surface area contributed by atoms with Gasteiger partial charge in [-0.2, -0.15) is 0 Å². The van der Waals surface area contributed by atoms with Gasteiger partial charge >= 0.3 is 6.03 Å². The molecule has 3 aromatic rings. The lowest BCUT2D eigenvalue weighted by atomic mass is 10.2. The first-order valence-electron chi connectivity index (χ1n) is 7.88. The predicted octanol–water partition coefficient (Wildman–Crippen LogP) is 4.77. The minimum Gasteiger partial charge on any atom is -0.439 e. The molecule has 0 spiro atoms. The number of hydrogen-bond acceptors (Lipinski definition) is 4. The van der Waals surface area contributed by atoms with E-state index < -0.39 is 29.1 Å². The average molecular weight is 404 g/mol. The van der Waals surface area contributed by atoms with Gasteiger partial charge in [0.05, 0.1) is 11.9 Å². The topological polar surface area (TPSA) is 80.3 Å². The molecule has 0 unspecified atom stereocenters. The molecule has 2 aromatic carbocycles. The summed E-state index contributed by atoms with van der Waals surface area (Å²) in [6.07, 6.45) is 1.29. The van der Waals surface area contributed by atoms with Crippen molar-refractivity contribution in [2.45, 2.75) is 0 Å². The van der Waals surface area contributed by atoms with Gasteiger partial charge in [-0.05, 0) is 42.5 Å². The van der Waals surface area contributed by atoms with Gasteiger partial charge in [-0.15, -0.1) is 0 Å². The summed E-state index contributed by atoms with van der Waals surface area (Å²) in [6.45, 7) is 0. The largest absolute Gasteiger partial charge is 0.439 e. The zero-order valence-corrected chi connectivity index (χ0v) is 14.8. The number of rotatable bonds is 4. The molecule has 142 valence electrons. The van der Waals surface area contributed by atoms with Crippen molar-refractivity contribution in [3.63, 3.8) is 0 Å². The van der Waals surface area contributed by atoms with Gasteiger partial charge in [0, 0.05) is 11.1 Å². The Morgan fingerprint density at radius 3 is 2.25 bits per heavy atom. The molecule has 0 saturated carbocycles. The molecule has 0 aliphatic rings. The highest BCUT2D eigenvalue weighted by Gasteiger charge is 2.19. The molecule has 3 amide bonds. The fraction of sp³-hybridized carbons (Fsp3) is 0. The summed E-state index contributed by atoms with van der Waals surface area (Å²) < 4.78 is 32.6. The standard InChI is InChI=1S/C19H12ClF2N3O3/c20-11-4-7-13(8-5-11)28-16-9-6-12(10-23-16)24-19(27)25-18(26)17-14(21)2-1-3-15(17)22/h1-10H,(H2,24,25,26,27). The Labute approximate surface area is 163 Å². The van der Waals surface area contributed by atoms with E-state index in [2.05, 4.69) is 10.3 Å². The van der Waals surface area contributed by atoms with Crippen LogP contribution in [-0.4, -0.2) is 16.9 Å². The van der Waals surface area contributed by atoms with Gasteiger partial charge in [-0.3, -0.25) is 10.1 Å². The van der Waals surface area contributed by atoms with E-state index in [1.807, 2.05) is 5.32 Å². The van der Waals surface area contributed by atoms with E-state index in [4.69, 9.17) is 16.3 Å². The van der Waals surface area contributed by atoms with E-state index >= 15 is 0 Å². The molecule has 6 nitrogen and oxygen atoms in total. The number of aromatic nitrogens is 1. The predicted molar refractivity (Wildman–Crippen MR) is 98.6 cm³/mol. The SMILES string of the molecule is O=C(NC(=O)c1c(F)cccc1F)Nc1ccc(Oc2ccc(Cl)cc2)nc1. The molecule has 0 saturated heterocycles. The second-order valence-corrected chi connectivity index (χ2v) is 5.88. The van der Waals surface area contributed by atoms with Crippen molar-refractivity contribution in [3.05, 3.63) is 83.0 Å². The summed E-state index contributed by atoms with van der Waals surface area (Å²) in [6, 6.07) is 11.6. The highest BCUT2D eigenvalue weighted by molar-refractivity contribution is 6.30. The van der Waals surface area contributed by atoms with Gasteiger partial charge in [0.15, 0.2) is 0 Å². The minimum absolute atomic E-state index is 0.239. The van der Waals surface area contributed by atoms with Crippen molar-refractivity contribution in [1.82, 2.24) is 10.3 Å². The third-order valence-electron chi connectivity index (χ3n) is 3.45. The third-order valence-corrected chi connectivity index (χ3v) is 3.70.